The van der Waals surface area contributed by atoms with Gasteiger partial charge in [0, 0.05) is 40.5 Å². The number of aliphatic hydroxyl groups excluding tert-OH is 1. The highest BCUT2D eigenvalue weighted by Crippen LogP contribution is 2.26. The Morgan fingerprint density at radius 1 is 0.863 bits per heavy atom. The van der Waals surface area contributed by atoms with E-state index >= 15 is 0 Å². The number of ether oxygens (including phenoxy) is 3. The van der Waals surface area contributed by atoms with Gasteiger partial charge in [-0.3, -0.25) is 43.2 Å². The Hall–Kier alpha value is -6.12. The third-order valence-electron chi connectivity index (χ3n) is 13.7. The molecule has 3 aliphatic rings. The Balaban J connectivity index is 1.82. The van der Waals surface area contributed by atoms with E-state index in [4.69, 9.17) is 14.2 Å². The number of methoxy groups -OCH3 is 1. The van der Waals surface area contributed by atoms with E-state index in [0.717, 1.165) is 6.92 Å². The van der Waals surface area contributed by atoms with Gasteiger partial charge in [0.2, 0.25) is 35.3 Å². The van der Waals surface area contributed by atoms with Crippen molar-refractivity contribution in [3.05, 3.63) is 29.8 Å². The number of likely N-dealkylation sites (N-methyl/N-ethyl adjacent to an activating group) is 2. The van der Waals surface area contributed by atoms with Gasteiger partial charge in [-0.15, -0.1) is 0 Å². The molecule has 3 saturated heterocycles. The Morgan fingerprint density at radius 2 is 1.51 bits per heavy atom. The van der Waals surface area contributed by atoms with Crippen molar-refractivity contribution in [1.82, 2.24) is 35.6 Å². The van der Waals surface area contributed by atoms with E-state index in [0.29, 0.717) is 24.2 Å². The number of benzene rings is 1. The van der Waals surface area contributed by atoms with E-state index in [2.05, 4.69) is 16.0 Å². The van der Waals surface area contributed by atoms with Crippen LogP contribution in [0.5, 0.6) is 5.75 Å². The first-order valence-electron chi connectivity index (χ1n) is 25.5. The minimum Gasteiger partial charge on any atom is -0.497 e. The van der Waals surface area contributed by atoms with E-state index < -0.39 is 138 Å². The van der Waals surface area contributed by atoms with Crippen LogP contribution in [0.4, 0.5) is 0 Å². The van der Waals surface area contributed by atoms with Crippen LogP contribution in [0.2, 0.25) is 0 Å². The number of rotatable bonds is 14. The van der Waals surface area contributed by atoms with Crippen molar-refractivity contribution in [2.24, 2.45) is 23.7 Å². The zero-order chi connectivity index (χ0) is 54.6. The first-order valence-corrected chi connectivity index (χ1v) is 25.5. The monoisotopic (exact) mass is 1030 g/mol. The first-order chi connectivity index (χ1) is 34.3. The summed E-state index contributed by atoms with van der Waals surface area (Å²) in [7, 11) is 4.29. The normalized spacial score (nSPS) is 25.7. The average Bonchev–Trinajstić information content (AvgIpc) is 4.03. The topological polar surface area (TPSA) is 268 Å². The summed E-state index contributed by atoms with van der Waals surface area (Å²) in [5.74, 6) is -8.72. The molecule has 7 amide bonds. The minimum absolute atomic E-state index is 0.0795. The largest absolute Gasteiger partial charge is 0.497 e. The quantitative estimate of drug-likeness (QED) is 0.152. The maximum atomic E-state index is 14.7. The van der Waals surface area contributed by atoms with Gasteiger partial charge >= 0.3 is 11.9 Å². The highest BCUT2D eigenvalue weighted by atomic mass is 16.6. The number of aliphatic hydroxyl groups is 1. The zero-order valence-corrected chi connectivity index (χ0v) is 44.6. The number of nitrogens with one attached hydrogen (secondary N) is 3. The number of ketones is 1. The van der Waals surface area contributed by atoms with Gasteiger partial charge in [0.1, 0.15) is 48.6 Å². The van der Waals surface area contributed by atoms with E-state index in [1.807, 2.05) is 27.7 Å². The lowest BCUT2D eigenvalue weighted by atomic mass is 9.95. The molecule has 0 spiro atoms. The van der Waals surface area contributed by atoms with Crippen LogP contribution in [0.15, 0.2) is 24.3 Å². The standard InChI is InChI=1S/C52H79N7O14/c1-28(2)23-35-49(67)59-22-14-16-38(59)51(69)57(11)40(25-33-17-19-34(71-12)20-18-33)52(70)72-27-36(45(63)55-43(30(5)6)41(61)26-42(62)73-44(31(7)8)47(65)53-35)54-46(64)39(24-29(3)4)56(10)50(68)37-15-13-21-58(37)48(66)32(9)60/h17-20,28-31,35-41,43-44,61H,13-16,21-27H2,1-12H3,(H,53,65)(H,54,64)(H,55,63)/t35-,36-,37?,38-,39+,40-,41-,43+,44-/m0/s1. The van der Waals surface area contributed by atoms with Crippen LogP contribution < -0.4 is 20.7 Å². The molecule has 1 aromatic carbocycles. The van der Waals surface area contributed by atoms with Crippen molar-refractivity contribution in [2.75, 3.05) is 40.9 Å². The third kappa shape index (κ3) is 15.7. The molecule has 1 unspecified atom stereocenters. The summed E-state index contributed by atoms with van der Waals surface area (Å²) in [6, 6.07) is -1.93. The van der Waals surface area contributed by atoms with Gasteiger partial charge in [0.15, 0.2) is 6.10 Å². The second kappa shape index (κ2) is 26.7. The van der Waals surface area contributed by atoms with Gasteiger partial charge in [0.05, 0.1) is 25.7 Å². The lowest BCUT2D eigenvalue weighted by molar-refractivity contribution is -0.161. The number of hydrogen-bond donors (Lipinski definition) is 4. The fourth-order valence-corrected chi connectivity index (χ4v) is 9.60. The summed E-state index contributed by atoms with van der Waals surface area (Å²) < 4.78 is 16.9. The van der Waals surface area contributed by atoms with Crippen LogP contribution in [0.25, 0.3) is 0 Å². The Bertz CT molecular complexity index is 2170. The number of carbonyl (C=O) groups excluding carboxylic acids is 10. The van der Waals surface area contributed by atoms with Crippen molar-refractivity contribution >= 4 is 59.1 Å². The molecule has 4 rings (SSSR count). The minimum atomic E-state index is -1.70. The lowest BCUT2D eigenvalue weighted by Gasteiger charge is -2.35. The molecule has 406 valence electrons. The van der Waals surface area contributed by atoms with Crippen LogP contribution in [0.1, 0.15) is 113 Å². The molecule has 9 atom stereocenters. The summed E-state index contributed by atoms with van der Waals surface area (Å²) in [6.45, 7) is 14.6. The number of carbonyl (C=O) groups is 10. The molecule has 0 saturated carbocycles. The van der Waals surface area contributed by atoms with E-state index in [1.54, 1.807) is 52.0 Å². The Morgan fingerprint density at radius 3 is 2.08 bits per heavy atom. The number of cyclic esters (lactones) is 2. The molecule has 0 radical (unpaired) electrons. The van der Waals surface area contributed by atoms with Gasteiger partial charge in [-0.1, -0.05) is 67.5 Å². The van der Waals surface area contributed by atoms with Crippen LogP contribution in [0, 0.1) is 23.7 Å². The van der Waals surface area contributed by atoms with Gasteiger partial charge in [-0.05, 0) is 79.9 Å². The van der Waals surface area contributed by atoms with Crippen LogP contribution in [-0.4, -0.2) is 179 Å². The van der Waals surface area contributed by atoms with Crippen molar-refractivity contribution < 1.29 is 67.3 Å². The Labute approximate surface area is 429 Å². The first kappa shape index (κ1) is 59.4. The molecule has 0 aliphatic carbocycles. The maximum Gasteiger partial charge on any atom is 0.329 e. The van der Waals surface area contributed by atoms with Gasteiger partial charge < -0.3 is 54.9 Å². The number of hydrogen-bond acceptors (Lipinski definition) is 14. The second-order valence-corrected chi connectivity index (χ2v) is 21.1. The molecule has 4 N–H and O–H groups in total. The molecule has 3 aliphatic heterocycles. The lowest BCUT2D eigenvalue weighted by Crippen LogP contribution is -2.60. The maximum absolute atomic E-state index is 14.7. The molecule has 3 heterocycles. The number of esters is 2. The predicted molar refractivity (Wildman–Crippen MR) is 266 cm³/mol. The highest BCUT2D eigenvalue weighted by Gasteiger charge is 2.44. The number of nitrogens with zero attached hydrogens (tertiary/aromatic N) is 4. The van der Waals surface area contributed by atoms with E-state index in [9.17, 15) is 53.1 Å². The second-order valence-electron chi connectivity index (χ2n) is 21.1. The number of fused-ring (bicyclic) bond motifs is 1. The van der Waals surface area contributed by atoms with Crippen molar-refractivity contribution in [2.45, 2.75) is 168 Å². The smallest absolute Gasteiger partial charge is 0.329 e. The number of likely N-dealkylation sites (tertiary alicyclic amines) is 1. The summed E-state index contributed by atoms with van der Waals surface area (Å²) in [4.78, 5) is 144. The van der Waals surface area contributed by atoms with Gasteiger partial charge in [0.25, 0.3) is 11.8 Å². The fraction of sp³-hybridized carbons (Fsp3) is 0.692. The predicted octanol–water partition coefficient (Wildman–Crippen LogP) is 1.54. The molecular formula is C52H79N7O14. The fourth-order valence-electron chi connectivity index (χ4n) is 9.60. The molecule has 21 nitrogen and oxygen atoms in total. The van der Waals surface area contributed by atoms with Crippen LogP contribution in [0.3, 0.4) is 0 Å². The van der Waals surface area contributed by atoms with Crippen LogP contribution >= 0.6 is 0 Å². The van der Waals surface area contributed by atoms with Gasteiger partial charge in [-0.25, -0.2) is 4.79 Å². The number of Topliss-reactive ketones (excluding diaryl/α,β-unsaturated/α-hetero) is 1. The summed E-state index contributed by atoms with van der Waals surface area (Å²) in [5.41, 5.74) is 0.592. The summed E-state index contributed by atoms with van der Waals surface area (Å²) in [5, 5.41) is 19.7. The van der Waals surface area contributed by atoms with Crippen LogP contribution in [-0.2, 0) is 63.8 Å². The molecule has 1 aromatic rings. The highest BCUT2D eigenvalue weighted by molar-refractivity contribution is 6.35. The van der Waals surface area contributed by atoms with E-state index in [1.165, 1.54) is 40.8 Å². The average molecular weight is 1030 g/mol. The molecular weight excluding hydrogens is 947 g/mol. The van der Waals surface area contributed by atoms with Crippen molar-refractivity contribution in [1.29, 1.82) is 0 Å². The Kier molecular flexibility index (Phi) is 21.8. The third-order valence-corrected chi connectivity index (χ3v) is 13.7. The molecule has 3 fully saturated rings. The van der Waals surface area contributed by atoms with E-state index in [-0.39, 0.29) is 57.0 Å². The number of amides is 7. The van der Waals surface area contributed by atoms with Crippen molar-refractivity contribution in [3.8, 4) is 5.75 Å². The molecule has 0 aromatic heterocycles. The molecule has 21 heteroatoms. The zero-order valence-electron chi connectivity index (χ0n) is 44.6. The summed E-state index contributed by atoms with van der Waals surface area (Å²) >= 11 is 0. The summed E-state index contributed by atoms with van der Waals surface area (Å²) in [6.07, 6.45) is -2.17. The van der Waals surface area contributed by atoms with Gasteiger partial charge in [-0.2, -0.15) is 0 Å². The molecule has 0 bridgehead atoms. The van der Waals surface area contributed by atoms with Crippen molar-refractivity contribution in [3.63, 3.8) is 0 Å². The SMILES string of the molecule is COc1ccc(C[C@H]2C(=O)OC[C@H](NC(=O)[C@@H](CC(C)C)N(C)C(=O)C3CCCN3C(=O)C(C)=O)C(=O)N[C@H](C(C)C)[C@@H](O)CC(=O)O[C@@H](C(C)C)C(=O)N[C@@H](CC(C)C)C(=O)N3CCC[C@H]3C(=O)N2C)cc1. The molecule has 73 heavy (non-hydrogen) atoms.